The van der Waals surface area contributed by atoms with Gasteiger partial charge in [0.05, 0.1) is 5.69 Å². The number of aromatic nitrogens is 2. The highest BCUT2D eigenvalue weighted by atomic mass is 35.5. The van der Waals surface area contributed by atoms with Gasteiger partial charge in [0.2, 0.25) is 5.88 Å². The van der Waals surface area contributed by atoms with E-state index >= 15 is 0 Å². The monoisotopic (exact) mass is 251 g/mol. The fraction of sp³-hybridized carbons (Fsp3) is 0.182. The number of carbonyl (C=O) groups excluding carboxylic acids is 1. The lowest BCUT2D eigenvalue weighted by Crippen LogP contribution is -2.12. The Labute approximate surface area is 103 Å². The molecule has 0 aliphatic rings. The molecule has 5 nitrogen and oxygen atoms in total. The predicted molar refractivity (Wildman–Crippen MR) is 63.2 cm³/mol. The van der Waals surface area contributed by atoms with Crippen molar-refractivity contribution in [1.29, 1.82) is 0 Å². The van der Waals surface area contributed by atoms with Crippen LogP contribution < -0.4 is 5.32 Å². The second-order valence-corrected chi connectivity index (χ2v) is 3.93. The Hall–Kier alpha value is -1.88. The zero-order valence-electron chi connectivity index (χ0n) is 9.32. The number of rotatable bonds is 2. The molecule has 0 spiro atoms. The molecule has 0 saturated heterocycles. The number of pyridine rings is 1. The van der Waals surface area contributed by atoms with E-state index in [1.165, 1.54) is 12.3 Å². The Morgan fingerprint density at radius 1 is 1.47 bits per heavy atom. The number of halogens is 1. The van der Waals surface area contributed by atoms with Gasteiger partial charge in [0.15, 0.2) is 0 Å². The van der Waals surface area contributed by atoms with Crippen LogP contribution in [0.2, 0.25) is 5.15 Å². The summed E-state index contributed by atoms with van der Waals surface area (Å²) in [5.41, 5.74) is 1.96. The molecule has 0 fully saturated rings. The Bertz CT molecular complexity index is 566. The van der Waals surface area contributed by atoms with Gasteiger partial charge in [0, 0.05) is 17.3 Å². The zero-order chi connectivity index (χ0) is 12.4. The molecule has 1 N–H and O–H groups in total. The number of carbonyl (C=O) groups is 1. The van der Waals surface area contributed by atoms with Gasteiger partial charge in [-0.25, -0.2) is 4.98 Å². The van der Waals surface area contributed by atoms with Crippen molar-refractivity contribution in [3.63, 3.8) is 0 Å². The fourth-order valence-electron chi connectivity index (χ4n) is 1.25. The molecule has 0 aliphatic heterocycles. The molecule has 2 rings (SSSR count). The number of nitrogens with one attached hydrogen (secondary N) is 1. The molecule has 0 atom stereocenters. The summed E-state index contributed by atoms with van der Waals surface area (Å²) >= 11 is 5.70. The van der Waals surface area contributed by atoms with Gasteiger partial charge in [-0.15, -0.1) is 0 Å². The average Bonchev–Trinajstić information content (AvgIpc) is 2.61. The van der Waals surface area contributed by atoms with Crippen LogP contribution in [0.25, 0.3) is 0 Å². The van der Waals surface area contributed by atoms with Gasteiger partial charge < -0.3 is 4.52 Å². The second-order valence-electron chi connectivity index (χ2n) is 3.54. The average molecular weight is 252 g/mol. The third-order valence-corrected chi connectivity index (χ3v) is 2.58. The minimum atomic E-state index is -0.312. The van der Waals surface area contributed by atoms with E-state index in [0.29, 0.717) is 11.4 Å². The van der Waals surface area contributed by atoms with Crippen molar-refractivity contribution in [3.8, 4) is 0 Å². The standard InChI is InChI=1S/C11H10ClN3O2/c1-6-7(2)15-17-11(6)14-10(16)8-3-4-13-9(12)5-8/h3-5H,1-2H3,(H,14,16). The van der Waals surface area contributed by atoms with Crippen LogP contribution in [0.15, 0.2) is 22.9 Å². The Kier molecular flexibility index (Phi) is 3.10. The van der Waals surface area contributed by atoms with Gasteiger partial charge in [-0.1, -0.05) is 16.8 Å². The van der Waals surface area contributed by atoms with Gasteiger partial charge in [0.25, 0.3) is 5.91 Å². The largest absolute Gasteiger partial charge is 0.338 e. The van der Waals surface area contributed by atoms with Crippen LogP contribution in [0.4, 0.5) is 5.88 Å². The first-order valence-electron chi connectivity index (χ1n) is 4.93. The maximum atomic E-state index is 11.8. The molecule has 0 unspecified atom stereocenters. The maximum absolute atomic E-state index is 11.8. The fourth-order valence-corrected chi connectivity index (χ4v) is 1.42. The first kappa shape index (κ1) is 11.6. The van der Waals surface area contributed by atoms with Gasteiger partial charge in [-0.2, -0.15) is 0 Å². The molecule has 0 aliphatic carbocycles. The maximum Gasteiger partial charge on any atom is 0.258 e. The summed E-state index contributed by atoms with van der Waals surface area (Å²) in [5, 5.41) is 6.64. The number of amides is 1. The van der Waals surface area contributed by atoms with Crippen LogP contribution in [0.3, 0.4) is 0 Å². The predicted octanol–water partition coefficient (Wildman–Crippen LogP) is 2.59. The molecule has 2 aromatic rings. The van der Waals surface area contributed by atoms with Crippen LogP contribution in [0.5, 0.6) is 0 Å². The molecule has 17 heavy (non-hydrogen) atoms. The van der Waals surface area contributed by atoms with Gasteiger partial charge in [-0.3, -0.25) is 10.1 Å². The Balaban J connectivity index is 2.20. The van der Waals surface area contributed by atoms with Gasteiger partial charge in [0.1, 0.15) is 5.15 Å². The molecule has 2 heterocycles. The van der Waals surface area contributed by atoms with E-state index in [-0.39, 0.29) is 11.1 Å². The van der Waals surface area contributed by atoms with Crippen molar-refractivity contribution in [2.45, 2.75) is 13.8 Å². The molecule has 88 valence electrons. The molecule has 6 heteroatoms. The number of hydrogen-bond donors (Lipinski definition) is 1. The summed E-state index contributed by atoms with van der Waals surface area (Å²) in [6.07, 6.45) is 1.47. The molecule has 2 aromatic heterocycles. The number of aryl methyl sites for hydroxylation is 1. The van der Waals surface area contributed by atoms with Crippen molar-refractivity contribution in [2.24, 2.45) is 0 Å². The highest BCUT2D eigenvalue weighted by Crippen LogP contribution is 2.18. The minimum Gasteiger partial charge on any atom is -0.338 e. The zero-order valence-corrected chi connectivity index (χ0v) is 10.1. The normalized spacial score (nSPS) is 10.3. The Morgan fingerprint density at radius 3 is 2.82 bits per heavy atom. The first-order valence-corrected chi connectivity index (χ1v) is 5.31. The topological polar surface area (TPSA) is 68.0 Å². The summed E-state index contributed by atoms with van der Waals surface area (Å²) in [7, 11) is 0. The van der Waals surface area contributed by atoms with Crippen LogP contribution in [-0.4, -0.2) is 16.0 Å². The third-order valence-electron chi connectivity index (χ3n) is 2.37. The molecule has 0 radical (unpaired) electrons. The van der Waals surface area contributed by atoms with Crippen molar-refractivity contribution < 1.29 is 9.32 Å². The van der Waals surface area contributed by atoms with E-state index < -0.39 is 0 Å². The number of anilines is 1. The van der Waals surface area contributed by atoms with E-state index in [1.54, 1.807) is 13.0 Å². The third kappa shape index (κ3) is 2.45. The second kappa shape index (κ2) is 4.55. The van der Waals surface area contributed by atoms with E-state index in [2.05, 4.69) is 15.5 Å². The van der Waals surface area contributed by atoms with Crippen molar-refractivity contribution >= 4 is 23.4 Å². The summed E-state index contributed by atoms with van der Waals surface area (Å²) in [4.78, 5) is 15.6. The number of hydrogen-bond acceptors (Lipinski definition) is 4. The highest BCUT2D eigenvalue weighted by molar-refractivity contribution is 6.29. The van der Waals surface area contributed by atoms with E-state index in [9.17, 15) is 4.79 Å². The Morgan fingerprint density at radius 2 is 2.24 bits per heavy atom. The van der Waals surface area contributed by atoms with E-state index in [0.717, 1.165) is 11.3 Å². The molecular formula is C11H10ClN3O2. The summed E-state index contributed by atoms with van der Waals surface area (Å²) in [6, 6.07) is 3.05. The van der Waals surface area contributed by atoms with Crippen LogP contribution in [0, 0.1) is 13.8 Å². The quantitative estimate of drug-likeness (QED) is 0.833. The van der Waals surface area contributed by atoms with Crippen molar-refractivity contribution in [1.82, 2.24) is 10.1 Å². The van der Waals surface area contributed by atoms with Crippen molar-refractivity contribution in [3.05, 3.63) is 40.3 Å². The summed E-state index contributed by atoms with van der Waals surface area (Å²) in [6.45, 7) is 3.62. The molecule has 1 amide bonds. The molecule has 0 aromatic carbocycles. The molecule has 0 bridgehead atoms. The lowest BCUT2D eigenvalue weighted by atomic mass is 10.2. The van der Waals surface area contributed by atoms with Crippen LogP contribution in [-0.2, 0) is 0 Å². The summed E-state index contributed by atoms with van der Waals surface area (Å²) in [5.74, 6) is 0.0361. The van der Waals surface area contributed by atoms with Gasteiger partial charge >= 0.3 is 0 Å². The molecule has 0 saturated carbocycles. The van der Waals surface area contributed by atoms with Crippen LogP contribution >= 0.6 is 11.6 Å². The summed E-state index contributed by atoms with van der Waals surface area (Å²) < 4.78 is 4.99. The first-order chi connectivity index (χ1) is 8.08. The van der Waals surface area contributed by atoms with E-state index in [1.807, 2.05) is 6.92 Å². The smallest absolute Gasteiger partial charge is 0.258 e. The SMILES string of the molecule is Cc1noc(NC(=O)c2ccnc(Cl)c2)c1C. The van der Waals surface area contributed by atoms with Crippen LogP contribution in [0.1, 0.15) is 21.6 Å². The highest BCUT2D eigenvalue weighted by Gasteiger charge is 2.13. The minimum absolute atomic E-state index is 0.267. The van der Waals surface area contributed by atoms with Gasteiger partial charge in [-0.05, 0) is 26.0 Å². The molecular weight excluding hydrogens is 242 g/mol. The number of nitrogens with zero attached hydrogens (tertiary/aromatic N) is 2. The van der Waals surface area contributed by atoms with E-state index in [4.69, 9.17) is 16.1 Å². The van der Waals surface area contributed by atoms with Crippen molar-refractivity contribution in [2.75, 3.05) is 5.32 Å². The lowest BCUT2D eigenvalue weighted by molar-refractivity contribution is 0.102. The lowest BCUT2D eigenvalue weighted by Gasteiger charge is -2.02.